The van der Waals surface area contributed by atoms with Crippen LogP contribution in [0.1, 0.15) is 28.7 Å². The minimum absolute atomic E-state index is 0.360. The van der Waals surface area contributed by atoms with Crippen molar-refractivity contribution in [2.45, 2.75) is 18.5 Å². The van der Waals surface area contributed by atoms with Gasteiger partial charge in [0.15, 0.2) is 0 Å². The van der Waals surface area contributed by atoms with Crippen LogP contribution in [0.5, 0.6) is 0 Å². The number of likely N-dealkylation sites (tertiary alicyclic amines) is 1. The molecule has 1 nitrogen and oxygen atoms in total. The van der Waals surface area contributed by atoms with E-state index in [1.807, 2.05) is 0 Å². The highest BCUT2D eigenvalue weighted by molar-refractivity contribution is 5.31. The van der Waals surface area contributed by atoms with Gasteiger partial charge in [0.1, 0.15) is 0 Å². The van der Waals surface area contributed by atoms with Crippen molar-refractivity contribution in [2.24, 2.45) is 5.92 Å². The van der Waals surface area contributed by atoms with E-state index in [4.69, 9.17) is 0 Å². The van der Waals surface area contributed by atoms with Gasteiger partial charge in [0.25, 0.3) is 0 Å². The second-order valence-electron chi connectivity index (χ2n) is 7.10. The first-order chi connectivity index (χ1) is 12.9. The Labute approximate surface area is 156 Å². The average Bonchev–Trinajstić information content (AvgIpc) is 3.08. The highest BCUT2D eigenvalue weighted by atomic mass is 15.2. The summed E-state index contributed by atoms with van der Waals surface area (Å²) in [5.41, 5.74) is 4.16. The standard InChI is InChI=1S/C25H25N/c1-2-23-24(21-14-8-4-9-15-21)19-26(18-20-12-6-3-7-13-20)25(23)22-16-10-5-11-17-22/h2-17,23-25H,1,18-19H2/t23-,24+,25?/m1/s1. The Morgan fingerprint density at radius 3 is 1.88 bits per heavy atom. The third-order valence-corrected chi connectivity index (χ3v) is 5.52. The zero-order chi connectivity index (χ0) is 17.8. The summed E-state index contributed by atoms with van der Waals surface area (Å²) < 4.78 is 0. The van der Waals surface area contributed by atoms with E-state index < -0.39 is 0 Å². The van der Waals surface area contributed by atoms with Gasteiger partial charge in [0, 0.05) is 31.0 Å². The molecule has 26 heavy (non-hydrogen) atoms. The van der Waals surface area contributed by atoms with Crippen molar-refractivity contribution in [3.05, 3.63) is 120 Å². The molecular weight excluding hydrogens is 314 g/mol. The predicted octanol–water partition coefficient (Wildman–Crippen LogP) is 5.83. The first-order valence-corrected chi connectivity index (χ1v) is 9.37. The molecule has 1 aliphatic rings. The second kappa shape index (κ2) is 7.72. The number of benzene rings is 3. The van der Waals surface area contributed by atoms with Gasteiger partial charge in [0.05, 0.1) is 0 Å². The molecule has 0 aliphatic carbocycles. The zero-order valence-electron chi connectivity index (χ0n) is 15.0. The Morgan fingerprint density at radius 1 is 0.769 bits per heavy atom. The van der Waals surface area contributed by atoms with Crippen molar-refractivity contribution in [1.29, 1.82) is 0 Å². The molecule has 0 N–H and O–H groups in total. The van der Waals surface area contributed by atoms with Crippen LogP contribution in [0.3, 0.4) is 0 Å². The van der Waals surface area contributed by atoms with Crippen LogP contribution in [0.4, 0.5) is 0 Å². The smallest absolute Gasteiger partial charge is 0.0420 e. The molecule has 1 saturated heterocycles. The lowest BCUT2D eigenvalue weighted by Gasteiger charge is -2.28. The summed E-state index contributed by atoms with van der Waals surface area (Å²) in [6.45, 7) is 6.23. The molecule has 0 saturated carbocycles. The number of rotatable bonds is 5. The molecule has 3 aromatic rings. The lowest BCUT2D eigenvalue weighted by atomic mass is 9.83. The summed E-state index contributed by atoms with van der Waals surface area (Å²) in [5.74, 6) is 0.881. The first kappa shape index (κ1) is 16.8. The second-order valence-corrected chi connectivity index (χ2v) is 7.10. The Kier molecular flexibility index (Phi) is 4.99. The van der Waals surface area contributed by atoms with Crippen LogP contribution in [0.25, 0.3) is 0 Å². The van der Waals surface area contributed by atoms with Crippen molar-refractivity contribution in [1.82, 2.24) is 4.90 Å². The van der Waals surface area contributed by atoms with Gasteiger partial charge >= 0.3 is 0 Å². The van der Waals surface area contributed by atoms with Gasteiger partial charge in [-0.05, 0) is 16.7 Å². The van der Waals surface area contributed by atoms with Gasteiger partial charge in [0.2, 0.25) is 0 Å². The minimum Gasteiger partial charge on any atom is -0.291 e. The molecule has 0 amide bonds. The molecule has 1 unspecified atom stereocenters. The topological polar surface area (TPSA) is 3.24 Å². The van der Waals surface area contributed by atoms with Gasteiger partial charge in [-0.15, -0.1) is 6.58 Å². The molecule has 130 valence electrons. The van der Waals surface area contributed by atoms with Crippen LogP contribution in [-0.4, -0.2) is 11.4 Å². The third-order valence-electron chi connectivity index (χ3n) is 5.52. The maximum Gasteiger partial charge on any atom is 0.0420 e. The summed E-state index contributed by atoms with van der Waals surface area (Å²) in [7, 11) is 0. The SMILES string of the molecule is C=C[C@H]1C(c2ccccc2)N(Cc2ccccc2)C[C@H]1c1ccccc1. The highest BCUT2D eigenvalue weighted by Gasteiger charge is 2.41. The molecule has 1 aliphatic heterocycles. The van der Waals surface area contributed by atoms with Crippen molar-refractivity contribution in [2.75, 3.05) is 6.54 Å². The van der Waals surface area contributed by atoms with E-state index in [2.05, 4.69) is 109 Å². The van der Waals surface area contributed by atoms with Crippen LogP contribution >= 0.6 is 0 Å². The summed E-state index contributed by atoms with van der Waals surface area (Å²) in [5, 5.41) is 0. The molecule has 3 atom stereocenters. The number of hydrogen-bond donors (Lipinski definition) is 0. The lowest BCUT2D eigenvalue weighted by molar-refractivity contribution is 0.233. The zero-order valence-corrected chi connectivity index (χ0v) is 15.0. The van der Waals surface area contributed by atoms with Gasteiger partial charge in [-0.1, -0.05) is 97.1 Å². The van der Waals surface area contributed by atoms with Crippen molar-refractivity contribution < 1.29 is 0 Å². The minimum atomic E-state index is 0.360. The Bertz CT molecular complexity index is 826. The molecule has 0 spiro atoms. The van der Waals surface area contributed by atoms with E-state index in [9.17, 15) is 0 Å². The highest BCUT2D eigenvalue weighted by Crippen LogP contribution is 2.46. The van der Waals surface area contributed by atoms with Gasteiger partial charge in [-0.25, -0.2) is 0 Å². The van der Waals surface area contributed by atoms with Crippen LogP contribution in [0.2, 0.25) is 0 Å². The normalized spacial score (nSPS) is 23.0. The molecular formula is C25H25N. The summed E-state index contributed by atoms with van der Waals surface area (Å²) >= 11 is 0. The average molecular weight is 339 g/mol. The molecule has 0 bridgehead atoms. The quantitative estimate of drug-likeness (QED) is 0.529. The molecule has 1 heterocycles. The van der Waals surface area contributed by atoms with E-state index in [1.54, 1.807) is 0 Å². The Hall–Kier alpha value is -2.64. The van der Waals surface area contributed by atoms with Crippen molar-refractivity contribution in [3.63, 3.8) is 0 Å². The third kappa shape index (κ3) is 3.36. The largest absolute Gasteiger partial charge is 0.291 e. The van der Waals surface area contributed by atoms with E-state index >= 15 is 0 Å². The fourth-order valence-electron chi connectivity index (χ4n) is 4.34. The van der Waals surface area contributed by atoms with Gasteiger partial charge in [-0.2, -0.15) is 0 Å². The summed E-state index contributed by atoms with van der Waals surface area (Å²) in [6, 6.07) is 32.9. The predicted molar refractivity (Wildman–Crippen MR) is 109 cm³/mol. The maximum absolute atomic E-state index is 4.21. The Balaban J connectivity index is 1.71. The molecule has 3 aromatic carbocycles. The van der Waals surface area contributed by atoms with E-state index in [1.165, 1.54) is 16.7 Å². The monoisotopic (exact) mass is 339 g/mol. The molecule has 4 rings (SSSR count). The lowest BCUT2D eigenvalue weighted by Crippen LogP contribution is -2.24. The molecule has 0 radical (unpaired) electrons. The van der Waals surface area contributed by atoms with E-state index in [0.717, 1.165) is 13.1 Å². The van der Waals surface area contributed by atoms with Gasteiger partial charge in [-0.3, -0.25) is 4.90 Å². The fourth-order valence-corrected chi connectivity index (χ4v) is 4.34. The van der Waals surface area contributed by atoms with E-state index in [-0.39, 0.29) is 0 Å². The van der Waals surface area contributed by atoms with Crippen molar-refractivity contribution in [3.8, 4) is 0 Å². The molecule has 1 heteroatoms. The summed E-state index contributed by atoms with van der Waals surface area (Å²) in [6.07, 6.45) is 2.17. The molecule has 0 aromatic heterocycles. The maximum atomic E-state index is 4.21. The van der Waals surface area contributed by atoms with Crippen LogP contribution in [-0.2, 0) is 6.54 Å². The van der Waals surface area contributed by atoms with Crippen LogP contribution in [0.15, 0.2) is 104 Å². The van der Waals surface area contributed by atoms with E-state index in [0.29, 0.717) is 17.9 Å². The number of nitrogens with zero attached hydrogens (tertiary/aromatic N) is 1. The van der Waals surface area contributed by atoms with Crippen LogP contribution in [0, 0.1) is 5.92 Å². The number of hydrogen-bond acceptors (Lipinski definition) is 1. The van der Waals surface area contributed by atoms with Crippen LogP contribution < -0.4 is 0 Å². The molecule has 1 fully saturated rings. The first-order valence-electron chi connectivity index (χ1n) is 9.37. The Morgan fingerprint density at radius 2 is 1.31 bits per heavy atom. The van der Waals surface area contributed by atoms with Crippen molar-refractivity contribution >= 4 is 0 Å². The summed E-state index contributed by atoms with van der Waals surface area (Å²) in [4.78, 5) is 2.62. The van der Waals surface area contributed by atoms with Gasteiger partial charge < -0.3 is 0 Å². The fraction of sp³-hybridized carbons (Fsp3) is 0.200.